The van der Waals surface area contributed by atoms with Crippen molar-refractivity contribution in [2.75, 3.05) is 0 Å². The number of hydrogen-bond acceptors (Lipinski definition) is 5. The average Bonchev–Trinajstić information content (AvgIpc) is 3.46. The first-order valence-electron chi connectivity index (χ1n) is 9.99. The van der Waals surface area contributed by atoms with Crippen molar-refractivity contribution in [1.82, 2.24) is 24.9 Å². The summed E-state index contributed by atoms with van der Waals surface area (Å²) in [5, 5.41) is 8.41. The van der Waals surface area contributed by atoms with Crippen molar-refractivity contribution in [2.24, 2.45) is 5.92 Å². The molecule has 0 spiro atoms. The third kappa shape index (κ3) is 3.06. The van der Waals surface area contributed by atoms with Crippen LogP contribution in [-0.4, -0.2) is 49.0 Å². The van der Waals surface area contributed by atoms with Crippen LogP contribution in [0, 0.1) is 12.8 Å². The molecular formula is C22H23N5O2. The molecule has 2 fully saturated rings. The summed E-state index contributed by atoms with van der Waals surface area (Å²) in [6.45, 7) is 4.09. The molecule has 0 radical (unpaired) electrons. The smallest absolute Gasteiger partial charge is 0.256 e. The summed E-state index contributed by atoms with van der Waals surface area (Å²) in [6, 6.07) is 11.6. The number of benzene rings is 1. The van der Waals surface area contributed by atoms with Gasteiger partial charge in [-0.25, -0.2) is 0 Å². The van der Waals surface area contributed by atoms with Gasteiger partial charge in [0.1, 0.15) is 11.9 Å². The lowest BCUT2D eigenvalue weighted by molar-refractivity contribution is 0.0325. The highest BCUT2D eigenvalue weighted by atomic mass is 16.5. The van der Waals surface area contributed by atoms with E-state index in [0.717, 1.165) is 24.3 Å². The molecule has 3 heterocycles. The number of pyridine rings is 1. The maximum atomic E-state index is 13.6. The molecule has 2 bridgehead atoms. The molecule has 148 valence electrons. The van der Waals surface area contributed by atoms with Crippen molar-refractivity contribution < 1.29 is 9.53 Å². The maximum Gasteiger partial charge on any atom is 0.256 e. The lowest BCUT2D eigenvalue weighted by atomic mass is 9.98. The minimum Gasteiger partial charge on any atom is -0.487 e. The highest BCUT2D eigenvalue weighted by Gasteiger charge is 2.52. The van der Waals surface area contributed by atoms with Crippen molar-refractivity contribution in [3.05, 3.63) is 66.2 Å². The first-order chi connectivity index (χ1) is 14.1. The molecule has 4 atom stereocenters. The van der Waals surface area contributed by atoms with E-state index in [2.05, 4.69) is 22.1 Å². The van der Waals surface area contributed by atoms with Crippen LogP contribution in [0.25, 0.3) is 5.69 Å². The summed E-state index contributed by atoms with van der Waals surface area (Å²) in [5.74, 6) is 1.21. The molecule has 1 aromatic carbocycles. The number of hydrogen-bond donors (Lipinski definition) is 0. The van der Waals surface area contributed by atoms with E-state index in [1.165, 1.54) is 4.80 Å². The Morgan fingerprint density at radius 3 is 2.62 bits per heavy atom. The molecule has 4 unspecified atom stereocenters. The van der Waals surface area contributed by atoms with E-state index in [4.69, 9.17) is 4.74 Å². The van der Waals surface area contributed by atoms with Gasteiger partial charge in [-0.1, -0.05) is 12.1 Å². The SMILES string of the molecule is Cc1ccc(OC2CC3CC2N(C(=O)c2ccccc2-n2nccn2)C3C)cn1. The van der Waals surface area contributed by atoms with Crippen molar-refractivity contribution in [3.8, 4) is 11.4 Å². The molecule has 1 aliphatic carbocycles. The number of aromatic nitrogens is 4. The predicted octanol–water partition coefficient (Wildman–Crippen LogP) is 3.04. The number of carbonyl (C=O) groups is 1. The Morgan fingerprint density at radius 2 is 1.90 bits per heavy atom. The molecule has 1 aliphatic heterocycles. The summed E-state index contributed by atoms with van der Waals surface area (Å²) in [6.07, 6.45) is 6.91. The van der Waals surface area contributed by atoms with Crippen LogP contribution >= 0.6 is 0 Å². The summed E-state index contributed by atoms with van der Waals surface area (Å²) in [5.41, 5.74) is 2.26. The van der Waals surface area contributed by atoms with Gasteiger partial charge >= 0.3 is 0 Å². The maximum absolute atomic E-state index is 13.6. The molecule has 2 aliphatic rings. The van der Waals surface area contributed by atoms with E-state index in [-0.39, 0.29) is 24.1 Å². The summed E-state index contributed by atoms with van der Waals surface area (Å²) >= 11 is 0. The Morgan fingerprint density at radius 1 is 1.10 bits per heavy atom. The minimum atomic E-state index is -0.0142. The van der Waals surface area contributed by atoms with Crippen molar-refractivity contribution in [1.29, 1.82) is 0 Å². The molecular weight excluding hydrogens is 366 g/mol. The van der Waals surface area contributed by atoms with Gasteiger partial charge in [-0.3, -0.25) is 9.78 Å². The van der Waals surface area contributed by atoms with Gasteiger partial charge in [0.05, 0.1) is 35.9 Å². The summed E-state index contributed by atoms with van der Waals surface area (Å²) in [4.78, 5) is 21.4. The number of fused-ring (bicyclic) bond motifs is 2. The third-order valence-electron chi connectivity index (χ3n) is 6.16. The van der Waals surface area contributed by atoms with Crippen LogP contribution in [0.15, 0.2) is 55.0 Å². The minimum absolute atomic E-state index is 0.00762. The Balaban J connectivity index is 1.42. The van der Waals surface area contributed by atoms with Gasteiger partial charge < -0.3 is 9.64 Å². The van der Waals surface area contributed by atoms with Crippen LogP contribution in [-0.2, 0) is 0 Å². The first kappa shape index (κ1) is 17.8. The van der Waals surface area contributed by atoms with Gasteiger partial charge in [0.2, 0.25) is 0 Å². The number of amides is 1. The van der Waals surface area contributed by atoms with Crippen LogP contribution in [0.3, 0.4) is 0 Å². The van der Waals surface area contributed by atoms with Gasteiger partial charge in [0, 0.05) is 11.7 Å². The number of nitrogens with zero attached hydrogens (tertiary/aromatic N) is 5. The predicted molar refractivity (Wildman–Crippen MR) is 107 cm³/mol. The standard InChI is InChI=1S/C22H23N5O2/c1-14-7-8-17(13-23-14)29-21-12-16-11-20(21)26(15(16)2)22(28)18-5-3-4-6-19(18)27-24-9-10-25-27/h3-10,13,15-16,20-21H,11-12H2,1-2H3. The fourth-order valence-corrected chi connectivity index (χ4v) is 4.70. The molecule has 1 amide bonds. The van der Waals surface area contributed by atoms with E-state index < -0.39 is 0 Å². The molecule has 0 N–H and O–H groups in total. The van der Waals surface area contributed by atoms with Crippen LogP contribution in [0.4, 0.5) is 0 Å². The number of rotatable bonds is 4. The number of carbonyl (C=O) groups excluding carboxylic acids is 1. The van der Waals surface area contributed by atoms with Crippen molar-refractivity contribution >= 4 is 5.91 Å². The second-order valence-electron chi connectivity index (χ2n) is 7.88. The lowest BCUT2D eigenvalue weighted by Crippen LogP contribution is -2.51. The fraction of sp³-hybridized carbons (Fsp3) is 0.364. The van der Waals surface area contributed by atoms with Crippen LogP contribution in [0.2, 0.25) is 0 Å². The molecule has 7 nitrogen and oxygen atoms in total. The lowest BCUT2D eigenvalue weighted by Gasteiger charge is -2.38. The van der Waals surface area contributed by atoms with E-state index >= 15 is 0 Å². The number of para-hydroxylation sites is 1. The molecule has 1 saturated heterocycles. The van der Waals surface area contributed by atoms with Crippen LogP contribution in [0.5, 0.6) is 5.75 Å². The van der Waals surface area contributed by atoms with Gasteiger partial charge in [-0.15, -0.1) is 0 Å². The summed E-state index contributed by atoms with van der Waals surface area (Å²) < 4.78 is 6.25. The first-order valence-corrected chi connectivity index (χ1v) is 9.99. The number of likely N-dealkylation sites (tertiary alicyclic amines) is 1. The highest BCUT2D eigenvalue weighted by Crippen LogP contribution is 2.44. The Labute approximate surface area is 169 Å². The number of aryl methyl sites for hydroxylation is 1. The Kier molecular flexibility index (Phi) is 4.30. The molecule has 2 aromatic heterocycles. The average molecular weight is 389 g/mol. The second-order valence-corrected chi connectivity index (χ2v) is 7.88. The zero-order valence-corrected chi connectivity index (χ0v) is 16.5. The Bertz CT molecular complexity index is 1020. The fourth-order valence-electron chi connectivity index (χ4n) is 4.70. The quantitative estimate of drug-likeness (QED) is 0.686. The topological polar surface area (TPSA) is 73.1 Å². The molecule has 5 rings (SSSR count). The molecule has 1 saturated carbocycles. The Hall–Kier alpha value is -3.22. The number of piperidine rings is 1. The largest absolute Gasteiger partial charge is 0.487 e. The van der Waals surface area contributed by atoms with Crippen molar-refractivity contribution in [2.45, 2.75) is 44.9 Å². The van der Waals surface area contributed by atoms with Gasteiger partial charge in [0.15, 0.2) is 0 Å². The zero-order chi connectivity index (χ0) is 20.0. The second kappa shape index (κ2) is 6.99. The van der Waals surface area contributed by atoms with Crippen LogP contribution in [0.1, 0.15) is 35.8 Å². The number of ether oxygens (including phenoxy) is 1. The summed E-state index contributed by atoms with van der Waals surface area (Å²) in [7, 11) is 0. The zero-order valence-electron chi connectivity index (χ0n) is 16.5. The van der Waals surface area contributed by atoms with E-state index in [1.54, 1.807) is 18.6 Å². The third-order valence-corrected chi connectivity index (χ3v) is 6.16. The van der Waals surface area contributed by atoms with E-state index in [9.17, 15) is 4.79 Å². The monoisotopic (exact) mass is 389 g/mol. The van der Waals surface area contributed by atoms with Gasteiger partial charge in [-0.05, 0) is 56.9 Å². The van der Waals surface area contributed by atoms with E-state index in [1.807, 2.05) is 48.2 Å². The molecule has 29 heavy (non-hydrogen) atoms. The normalized spacial score (nSPS) is 25.4. The van der Waals surface area contributed by atoms with Crippen molar-refractivity contribution in [3.63, 3.8) is 0 Å². The van der Waals surface area contributed by atoms with Gasteiger partial charge in [0.25, 0.3) is 5.91 Å². The molecule has 7 heteroatoms. The molecule has 3 aromatic rings. The van der Waals surface area contributed by atoms with E-state index in [0.29, 0.717) is 17.2 Å². The van der Waals surface area contributed by atoms with Crippen LogP contribution < -0.4 is 4.74 Å². The highest BCUT2D eigenvalue weighted by molar-refractivity contribution is 5.98. The van der Waals surface area contributed by atoms with Gasteiger partial charge in [-0.2, -0.15) is 15.0 Å².